The van der Waals surface area contributed by atoms with Gasteiger partial charge in [0.1, 0.15) is 5.75 Å². The molecule has 1 aromatic rings. The van der Waals surface area contributed by atoms with Crippen LogP contribution in [0.3, 0.4) is 0 Å². The van der Waals surface area contributed by atoms with Crippen molar-refractivity contribution in [2.75, 3.05) is 19.8 Å². The highest BCUT2D eigenvalue weighted by Crippen LogP contribution is 2.32. The number of rotatable bonds is 3. The first-order valence-electron chi connectivity index (χ1n) is 5.71. The molecule has 0 radical (unpaired) electrons. The summed E-state index contributed by atoms with van der Waals surface area (Å²) in [4.78, 5) is 0. The van der Waals surface area contributed by atoms with Crippen LogP contribution in [-0.2, 0) is 11.2 Å². The maximum absolute atomic E-state index is 9.53. The van der Waals surface area contributed by atoms with E-state index in [1.165, 1.54) is 0 Å². The minimum absolute atomic E-state index is 0.142. The van der Waals surface area contributed by atoms with Crippen molar-refractivity contribution in [2.45, 2.75) is 19.3 Å². The van der Waals surface area contributed by atoms with Crippen molar-refractivity contribution in [1.29, 1.82) is 0 Å². The summed E-state index contributed by atoms with van der Waals surface area (Å²) in [7, 11) is 0. The number of hydrogen-bond donors (Lipinski definition) is 2. The molecular weight excluding hydrogens is 204 g/mol. The molecule has 1 fully saturated rings. The zero-order valence-corrected chi connectivity index (χ0v) is 9.35. The smallest absolute Gasteiger partial charge is 0.115 e. The van der Waals surface area contributed by atoms with Gasteiger partial charge in [-0.05, 0) is 37.0 Å². The third-order valence-corrected chi connectivity index (χ3v) is 3.23. The predicted molar refractivity (Wildman–Crippen MR) is 61.4 cm³/mol. The Bertz CT molecular complexity index is 343. The molecule has 1 unspecified atom stereocenters. The van der Waals surface area contributed by atoms with Gasteiger partial charge in [0, 0.05) is 12.0 Å². The van der Waals surface area contributed by atoms with E-state index in [0.717, 1.165) is 31.4 Å². The van der Waals surface area contributed by atoms with Crippen LogP contribution in [0.4, 0.5) is 0 Å². The van der Waals surface area contributed by atoms with Gasteiger partial charge in [-0.25, -0.2) is 0 Å². The Morgan fingerprint density at radius 2 is 2.25 bits per heavy atom. The van der Waals surface area contributed by atoms with E-state index in [1.54, 1.807) is 12.1 Å². The lowest BCUT2D eigenvalue weighted by molar-refractivity contribution is -0.0379. The number of phenols is 1. The molecule has 3 nitrogen and oxygen atoms in total. The average Bonchev–Trinajstić information content (AvgIpc) is 2.30. The second-order valence-electron chi connectivity index (χ2n) is 4.66. The zero-order valence-electron chi connectivity index (χ0n) is 9.35. The largest absolute Gasteiger partial charge is 0.508 e. The molecule has 2 N–H and O–H groups in total. The van der Waals surface area contributed by atoms with Gasteiger partial charge in [-0.3, -0.25) is 0 Å². The molecule has 1 atom stereocenters. The Balaban J connectivity index is 2.11. The molecule has 0 aromatic heterocycles. The fraction of sp³-hybridized carbons (Fsp3) is 0.538. The number of aromatic hydroxyl groups is 1. The summed E-state index contributed by atoms with van der Waals surface area (Å²) in [5.74, 6) is 0.280. The van der Waals surface area contributed by atoms with Crippen LogP contribution in [0.1, 0.15) is 18.4 Å². The number of benzene rings is 1. The summed E-state index contributed by atoms with van der Waals surface area (Å²) < 4.78 is 5.46. The van der Waals surface area contributed by atoms with E-state index in [2.05, 4.69) is 0 Å². The highest BCUT2D eigenvalue weighted by molar-refractivity contribution is 5.28. The van der Waals surface area contributed by atoms with E-state index in [1.807, 2.05) is 12.1 Å². The first-order valence-corrected chi connectivity index (χ1v) is 5.71. The molecule has 88 valence electrons. The Kier molecular flexibility index (Phi) is 3.46. The molecule has 1 aromatic carbocycles. The van der Waals surface area contributed by atoms with Crippen LogP contribution in [0.2, 0.25) is 0 Å². The van der Waals surface area contributed by atoms with Gasteiger partial charge in [-0.2, -0.15) is 0 Å². The normalized spacial score (nSPS) is 25.6. The Morgan fingerprint density at radius 1 is 1.38 bits per heavy atom. The van der Waals surface area contributed by atoms with Gasteiger partial charge in [0.15, 0.2) is 0 Å². The van der Waals surface area contributed by atoms with Crippen molar-refractivity contribution in [3.63, 3.8) is 0 Å². The molecule has 1 aliphatic rings. The summed E-state index contributed by atoms with van der Waals surface area (Å²) in [5.41, 5.74) is 0.894. The van der Waals surface area contributed by atoms with Crippen molar-refractivity contribution in [2.24, 2.45) is 5.41 Å². The van der Waals surface area contributed by atoms with Crippen molar-refractivity contribution < 1.29 is 14.9 Å². The van der Waals surface area contributed by atoms with Crippen molar-refractivity contribution in [3.05, 3.63) is 29.8 Å². The molecule has 0 spiro atoms. The van der Waals surface area contributed by atoms with Crippen LogP contribution in [0.25, 0.3) is 0 Å². The SMILES string of the molecule is OCC1(Cc2cccc(O)c2)CCCOC1. The van der Waals surface area contributed by atoms with Crippen molar-refractivity contribution in [1.82, 2.24) is 0 Å². The number of aliphatic hydroxyl groups is 1. The molecule has 3 heteroatoms. The Labute approximate surface area is 95.7 Å². The van der Waals surface area contributed by atoms with Gasteiger partial charge < -0.3 is 14.9 Å². The van der Waals surface area contributed by atoms with Gasteiger partial charge in [0.25, 0.3) is 0 Å². The highest BCUT2D eigenvalue weighted by atomic mass is 16.5. The molecule has 1 heterocycles. The summed E-state index contributed by atoms with van der Waals surface area (Å²) in [6.07, 6.45) is 2.75. The van der Waals surface area contributed by atoms with Crippen molar-refractivity contribution >= 4 is 0 Å². The standard InChI is InChI=1S/C13H18O3/c14-9-13(5-2-6-16-10-13)8-11-3-1-4-12(15)7-11/h1,3-4,7,14-15H,2,5-6,8-10H2. The molecule has 0 saturated carbocycles. The van der Waals surface area contributed by atoms with Gasteiger partial charge in [-0.1, -0.05) is 12.1 Å². The van der Waals surface area contributed by atoms with E-state index in [9.17, 15) is 10.2 Å². The topological polar surface area (TPSA) is 49.7 Å². The van der Waals surface area contributed by atoms with Crippen LogP contribution < -0.4 is 0 Å². The third kappa shape index (κ3) is 2.54. The van der Waals surface area contributed by atoms with E-state index in [0.29, 0.717) is 6.61 Å². The second-order valence-corrected chi connectivity index (χ2v) is 4.66. The molecule has 16 heavy (non-hydrogen) atoms. The second kappa shape index (κ2) is 4.85. The summed E-state index contributed by atoms with van der Waals surface area (Å²) in [6.45, 7) is 1.55. The summed E-state index contributed by atoms with van der Waals surface area (Å²) >= 11 is 0. The van der Waals surface area contributed by atoms with Gasteiger partial charge in [0.05, 0.1) is 13.2 Å². The lowest BCUT2D eigenvalue weighted by Crippen LogP contribution is -2.37. The van der Waals surface area contributed by atoms with Gasteiger partial charge in [0.2, 0.25) is 0 Å². The molecule has 0 bridgehead atoms. The molecule has 1 saturated heterocycles. The highest BCUT2D eigenvalue weighted by Gasteiger charge is 2.32. The Morgan fingerprint density at radius 3 is 2.88 bits per heavy atom. The zero-order chi connectivity index (χ0) is 11.4. The summed E-state index contributed by atoms with van der Waals surface area (Å²) in [6, 6.07) is 7.23. The van der Waals surface area contributed by atoms with E-state index in [4.69, 9.17) is 4.74 Å². The average molecular weight is 222 g/mol. The van der Waals surface area contributed by atoms with Gasteiger partial charge in [-0.15, -0.1) is 0 Å². The molecular formula is C13H18O3. The number of ether oxygens (including phenoxy) is 1. The van der Waals surface area contributed by atoms with E-state index >= 15 is 0 Å². The summed E-state index contributed by atoms with van der Waals surface area (Å²) in [5, 5.41) is 18.9. The minimum Gasteiger partial charge on any atom is -0.508 e. The first-order chi connectivity index (χ1) is 7.74. The third-order valence-electron chi connectivity index (χ3n) is 3.23. The van der Waals surface area contributed by atoms with E-state index < -0.39 is 0 Å². The molecule has 2 rings (SSSR count). The van der Waals surface area contributed by atoms with Crippen molar-refractivity contribution in [3.8, 4) is 5.75 Å². The van der Waals surface area contributed by atoms with Crippen LogP contribution >= 0.6 is 0 Å². The number of phenolic OH excluding ortho intramolecular Hbond substituents is 1. The number of aliphatic hydroxyl groups excluding tert-OH is 1. The fourth-order valence-electron chi connectivity index (χ4n) is 2.33. The van der Waals surface area contributed by atoms with Crippen LogP contribution in [-0.4, -0.2) is 30.0 Å². The molecule has 1 aliphatic heterocycles. The molecule has 0 aliphatic carbocycles. The maximum atomic E-state index is 9.53. The lowest BCUT2D eigenvalue weighted by atomic mass is 9.78. The number of hydrogen-bond acceptors (Lipinski definition) is 3. The quantitative estimate of drug-likeness (QED) is 0.818. The van der Waals surface area contributed by atoms with Gasteiger partial charge >= 0.3 is 0 Å². The van der Waals surface area contributed by atoms with E-state index in [-0.39, 0.29) is 17.8 Å². The fourth-order valence-corrected chi connectivity index (χ4v) is 2.33. The first kappa shape index (κ1) is 11.4. The maximum Gasteiger partial charge on any atom is 0.115 e. The van der Waals surface area contributed by atoms with Crippen LogP contribution in [0.15, 0.2) is 24.3 Å². The lowest BCUT2D eigenvalue weighted by Gasteiger charge is -2.35. The molecule has 0 amide bonds. The van der Waals surface area contributed by atoms with Crippen LogP contribution in [0, 0.1) is 5.41 Å². The Hall–Kier alpha value is -1.06. The monoisotopic (exact) mass is 222 g/mol. The predicted octanol–water partition coefficient (Wildman–Crippen LogP) is 1.72. The minimum atomic E-state index is -0.161. The van der Waals surface area contributed by atoms with Crippen LogP contribution in [0.5, 0.6) is 5.75 Å².